The molecule has 0 atom stereocenters. The number of fused-ring (bicyclic) bond motifs is 1. The summed E-state index contributed by atoms with van der Waals surface area (Å²) >= 11 is 0. The Labute approximate surface area is 117 Å². The lowest BCUT2D eigenvalue weighted by atomic mass is 9.85. The number of hydrogen-bond acceptors (Lipinski definition) is 3. The third-order valence-electron chi connectivity index (χ3n) is 3.22. The lowest BCUT2D eigenvalue weighted by Crippen LogP contribution is -2.20. The molecule has 106 valence electrons. The van der Waals surface area contributed by atoms with Crippen LogP contribution >= 0.6 is 0 Å². The predicted molar refractivity (Wildman–Crippen MR) is 79.2 cm³/mol. The van der Waals surface area contributed by atoms with E-state index in [2.05, 4.69) is 25.8 Å². The molecule has 1 N–H and O–H groups in total. The average Bonchev–Trinajstić information content (AvgIpc) is 2.37. The fourth-order valence-electron chi connectivity index (χ4n) is 2.24. The van der Waals surface area contributed by atoms with Gasteiger partial charge in [-0.3, -0.25) is 4.79 Å². The van der Waals surface area contributed by atoms with Crippen LogP contribution in [-0.2, 0) is 10.2 Å². The van der Waals surface area contributed by atoms with Crippen LogP contribution in [0, 0.1) is 0 Å². The molecule has 0 aliphatic carbocycles. The second-order valence-electron chi connectivity index (χ2n) is 5.73. The zero-order chi connectivity index (χ0) is 14.9. The molecular formula is C16H19NO3. The number of carbonyl (C=O) groups is 1. The number of aromatic amines is 1. The van der Waals surface area contributed by atoms with Gasteiger partial charge in [0.25, 0.3) is 0 Å². The first-order chi connectivity index (χ1) is 9.36. The first kappa shape index (κ1) is 14.3. The Balaban J connectivity index is 2.70. The van der Waals surface area contributed by atoms with Gasteiger partial charge in [0.2, 0.25) is 5.43 Å². The Hall–Kier alpha value is -2.10. The highest BCUT2D eigenvalue weighted by molar-refractivity contribution is 5.94. The molecule has 1 aromatic heterocycles. The van der Waals surface area contributed by atoms with Crippen molar-refractivity contribution < 1.29 is 9.53 Å². The van der Waals surface area contributed by atoms with Crippen LogP contribution in [0.5, 0.6) is 0 Å². The average molecular weight is 273 g/mol. The van der Waals surface area contributed by atoms with Gasteiger partial charge in [0.15, 0.2) is 0 Å². The zero-order valence-corrected chi connectivity index (χ0v) is 12.2. The number of pyridine rings is 1. The van der Waals surface area contributed by atoms with Crippen LogP contribution in [0.1, 0.15) is 43.6 Å². The Kier molecular flexibility index (Phi) is 3.66. The van der Waals surface area contributed by atoms with Crippen molar-refractivity contribution in [2.75, 3.05) is 6.61 Å². The smallest absolute Gasteiger partial charge is 0.343 e. The van der Waals surface area contributed by atoms with Crippen LogP contribution in [-0.4, -0.2) is 17.6 Å². The second kappa shape index (κ2) is 5.12. The largest absolute Gasteiger partial charge is 0.462 e. The van der Waals surface area contributed by atoms with Crippen molar-refractivity contribution in [2.45, 2.75) is 33.1 Å². The second-order valence-corrected chi connectivity index (χ2v) is 5.73. The lowest BCUT2D eigenvalue weighted by Gasteiger charge is -2.20. The molecule has 1 heterocycles. The highest BCUT2D eigenvalue weighted by Gasteiger charge is 2.20. The molecule has 0 fully saturated rings. The summed E-state index contributed by atoms with van der Waals surface area (Å²) in [5.41, 5.74) is 1.49. The molecule has 0 aliphatic heterocycles. The molecule has 0 spiro atoms. The van der Waals surface area contributed by atoms with Gasteiger partial charge in [-0.2, -0.15) is 0 Å². The molecule has 0 radical (unpaired) electrons. The fourth-order valence-corrected chi connectivity index (χ4v) is 2.24. The van der Waals surface area contributed by atoms with Gasteiger partial charge in [-0.1, -0.05) is 32.9 Å². The third-order valence-corrected chi connectivity index (χ3v) is 3.22. The van der Waals surface area contributed by atoms with Gasteiger partial charge in [-0.05, 0) is 24.0 Å². The normalized spacial score (nSPS) is 11.6. The number of benzene rings is 1. The van der Waals surface area contributed by atoms with Crippen molar-refractivity contribution in [3.8, 4) is 0 Å². The molecule has 4 nitrogen and oxygen atoms in total. The first-order valence-electron chi connectivity index (χ1n) is 6.68. The summed E-state index contributed by atoms with van der Waals surface area (Å²) in [6, 6.07) is 5.56. The van der Waals surface area contributed by atoms with E-state index in [0.717, 1.165) is 11.1 Å². The molecular weight excluding hydrogens is 254 g/mol. The van der Waals surface area contributed by atoms with E-state index in [9.17, 15) is 9.59 Å². The Morgan fingerprint density at radius 1 is 1.30 bits per heavy atom. The molecule has 0 aliphatic rings. The monoisotopic (exact) mass is 273 g/mol. The Morgan fingerprint density at radius 3 is 2.60 bits per heavy atom. The maximum Gasteiger partial charge on any atom is 0.343 e. The Bertz CT molecular complexity index is 708. The summed E-state index contributed by atoms with van der Waals surface area (Å²) in [5, 5.41) is 0.517. The number of para-hydroxylation sites is 1. The van der Waals surface area contributed by atoms with E-state index in [1.54, 1.807) is 13.0 Å². The molecule has 1 aromatic carbocycles. The van der Waals surface area contributed by atoms with Crippen molar-refractivity contribution >= 4 is 16.9 Å². The standard InChI is InChI=1S/C16H19NO3/c1-5-20-15(19)11-9-17-13-10(14(11)18)7-6-8-12(13)16(2,3)4/h6-9H,5H2,1-4H3,(H,17,18). The van der Waals surface area contributed by atoms with Gasteiger partial charge in [0, 0.05) is 11.6 Å². The van der Waals surface area contributed by atoms with Crippen molar-refractivity contribution in [1.29, 1.82) is 0 Å². The fraction of sp³-hybridized carbons (Fsp3) is 0.375. The van der Waals surface area contributed by atoms with E-state index in [4.69, 9.17) is 4.74 Å². The lowest BCUT2D eigenvalue weighted by molar-refractivity contribution is 0.0524. The number of nitrogens with one attached hydrogen (secondary N) is 1. The number of H-pyrrole nitrogens is 1. The molecule has 2 rings (SSSR count). The van der Waals surface area contributed by atoms with Crippen LogP contribution in [0.15, 0.2) is 29.2 Å². The predicted octanol–water partition coefficient (Wildman–Crippen LogP) is 3.00. The molecule has 4 heteroatoms. The quantitative estimate of drug-likeness (QED) is 0.856. The van der Waals surface area contributed by atoms with Crippen LogP contribution in [0.2, 0.25) is 0 Å². The van der Waals surface area contributed by atoms with Gasteiger partial charge in [-0.15, -0.1) is 0 Å². The van der Waals surface area contributed by atoms with E-state index in [-0.39, 0.29) is 23.0 Å². The number of aromatic nitrogens is 1. The summed E-state index contributed by atoms with van der Waals surface area (Å²) in [5.74, 6) is -0.586. The maximum absolute atomic E-state index is 12.4. The molecule has 0 saturated carbocycles. The van der Waals surface area contributed by atoms with Gasteiger partial charge in [0.05, 0.1) is 12.1 Å². The van der Waals surface area contributed by atoms with Crippen molar-refractivity contribution in [1.82, 2.24) is 4.98 Å². The van der Waals surface area contributed by atoms with Crippen molar-refractivity contribution in [3.63, 3.8) is 0 Å². The van der Waals surface area contributed by atoms with Crippen molar-refractivity contribution in [3.05, 3.63) is 45.7 Å². The van der Waals surface area contributed by atoms with Gasteiger partial charge >= 0.3 is 5.97 Å². The Morgan fingerprint density at radius 2 is 2.00 bits per heavy atom. The summed E-state index contributed by atoms with van der Waals surface area (Å²) in [6.07, 6.45) is 1.44. The minimum atomic E-state index is -0.586. The van der Waals surface area contributed by atoms with Crippen LogP contribution in [0.25, 0.3) is 10.9 Å². The first-order valence-corrected chi connectivity index (χ1v) is 6.68. The maximum atomic E-state index is 12.4. The number of ether oxygens (including phenoxy) is 1. The molecule has 2 aromatic rings. The molecule has 0 bridgehead atoms. The highest BCUT2D eigenvalue weighted by Crippen LogP contribution is 2.27. The van der Waals surface area contributed by atoms with Crippen LogP contribution in [0.3, 0.4) is 0 Å². The molecule has 20 heavy (non-hydrogen) atoms. The minimum absolute atomic E-state index is 0.0467. The minimum Gasteiger partial charge on any atom is -0.462 e. The van der Waals surface area contributed by atoms with E-state index in [1.807, 2.05) is 12.1 Å². The van der Waals surface area contributed by atoms with E-state index in [1.165, 1.54) is 6.20 Å². The summed E-state index contributed by atoms with van der Waals surface area (Å²) in [7, 11) is 0. The van der Waals surface area contributed by atoms with Gasteiger partial charge in [0.1, 0.15) is 5.56 Å². The number of hydrogen-bond donors (Lipinski definition) is 1. The summed E-state index contributed by atoms with van der Waals surface area (Å²) in [6.45, 7) is 8.21. The zero-order valence-electron chi connectivity index (χ0n) is 12.2. The van der Waals surface area contributed by atoms with Gasteiger partial charge in [-0.25, -0.2) is 4.79 Å². The van der Waals surface area contributed by atoms with E-state index in [0.29, 0.717) is 5.39 Å². The van der Waals surface area contributed by atoms with Crippen LogP contribution in [0.4, 0.5) is 0 Å². The number of carbonyl (C=O) groups excluding carboxylic acids is 1. The number of esters is 1. The topological polar surface area (TPSA) is 59.2 Å². The SMILES string of the molecule is CCOC(=O)c1c[nH]c2c(C(C)(C)C)cccc2c1=O. The summed E-state index contributed by atoms with van der Waals surface area (Å²) in [4.78, 5) is 27.2. The third kappa shape index (κ3) is 2.46. The van der Waals surface area contributed by atoms with E-state index < -0.39 is 5.97 Å². The molecule has 0 unspecified atom stereocenters. The van der Waals surface area contributed by atoms with E-state index >= 15 is 0 Å². The molecule has 0 saturated heterocycles. The summed E-state index contributed by atoms with van der Waals surface area (Å²) < 4.78 is 4.90. The van der Waals surface area contributed by atoms with Crippen LogP contribution < -0.4 is 5.43 Å². The molecule has 0 amide bonds. The van der Waals surface area contributed by atoms with Gasteiger partial charge < -0.3 is 9.72 Å². The highest BCUT2D eigenvalue weighted by atomic mass is 16.5. The number of rotatable bonds is 2. The van der Waals surface area contributed by atoms with Crippen molar-refractivity contribution in [2.24, 2.45) is 0 Å².